The van der Waals surface area contributed by atoms with Gasteiger partial charge in [-0.3, -0.25) is 9.69 Å². The molecule has 0 heterocycles. The van der Waals surface area contributed by atoms with Crippen molar-refractivity contribution in [1.82, 2.24) is 10.2 Å². The summed E-state index contributed by atoms with van der Waals surface area (Å²) >= 11 is 0. The third-order valence-corrected chi connectivity index (χ3v) is 4.13. The number of hydrogen-bond acceptors (Lipinski definition) is 3. The number of hydrogen-bond donors (Lipinski definition) is 2. The second-order valence-electron chi connectivity index (χ2n) is 6.29. The molecule has 3 N–H and O–H groups in total. The lowest BCUT2D eigenvalue weighted by Gasteiger charge is -2.26. The summed E-state index contributed by atoms with van der Waals surface area (Å²) in [6.07, 6.45) is 4.73. The minimum Gasteiger partial charge on any atom is -0.399 e. The number of amides is 1. The molecule has 21 heavy (non-hydrogen) atoms. The van der Waals surface area contributed by atoms with E-state index >= 15 is 0 Å². The highest BCUT2D eigenvalue weighted by Crippen LogP contribution is 2.17. The van der Waals surface area contributed by atoms with Gasteiger partial charge in [0.25, 0.3) is 0 Å². The molecule has 1 fully saturated rings. The molecule has 4 heteroatoms. The van der Waals surface area contributed by atoms with Gasteiger partial charge in [-0.1, -0.05) is 25.0 Å². The van der Waals surface area contributed by atoms with E-state index < -0.39 is 0 Å². The molecule has 116 valence electrons. The van der Waals surface area contributed by atoms with E-state index in [0.29, 0.717) is 18.6 Å². The van der Waals surface area contributed by atoms with E-state index in [1.165, 1.54) is 12.8 Å². The third kappa shape index (κ3) is 5.05. The standard InChI is InChI=1S/C17H27N3O/c1-13(2)20(11-14-6-5-7-15(18)10-14)12-17(21)19-16-8-3-4-9-16/h5-7,10,13,16H,3-4,8-9,11-12,18H2,1-2H3,(H,19,21). The van der Waals surface area contributed by atoms with E-state index in [-0.39, 0.29) is 5.91 Å². The van der Waals surface area contributed by atoms with Gasteiger partial charge in [-0.25, -0.2) is 0 Å². The Morgan fingerprint density at radius 3 is 2.71 bits per heavy atom. The maximum atomic E-state index is 12.2. The van der Waals surface area contributed by atoms with Crippen molar-refractivity contribution in [1.29, 1.82) is 0 Å². The number of carbonyl (C=O) groups is 1. The first kappa shape index (κ1) is 15.8. The first-order chi connectivity index (χ1) is 10.0. The van der Waals surface area contributed by atoms with Crippen LogP contribution in [-0.2, 0) is 11.3 Å². The zero-order valence-corrected chi connectivity index (χ0v) is 13.1. The third-order valence-electron chi connectivity index (χ3n) is 4.13. The molecular formula is C17H27N3O. The molecule has 0 unspecified atom stereocenters. The van der Waals surface area contributed by atoms with Gasteiger partial charge >= 0.3 is 0 Å². The van der Waals surface area contributed by atoms with Crippen LogP contribution >= 0.6 is 0 Å². The minimum atomic E-state index is 0.138. The van der Waals surface area contributed by atoms with Crippen LogP contribution in [0.2, 0.25) is 0 Å². The normalized spacial score (nSPS) is 15.8. The van der Waals surface area contributed by atoms with E-state index in [9.17, 15) is 4.79 Å². The quantitative estimate of drug-likeness (QED) is 0.791. The molecule has 1 amide bonds. The first-order valence-electron chi connectivity index (χ1n) is 7.92. The molecule has 0 bridgehead atoms. The maximum absolute atomic E-state index is 12.2. The van der Waals surface area contributed by atoms with Crippen LogP contribution in [0.3, 0.4) is 0 Å². The smallest absolute Gasteiger partial charge is 0.234 e. The van der Waals surface area contributed by atoms with Gasteiger partial charge in [0, 0.05) is 24.3 Å². The number of benzene rings is 1. The number of rotatable bonds is 6. The molecule has 1 aliphatic carbocycles. The molecule has 0 aliphatic heterocycles. The molecule has 0 radical (unpaired) electrons. The fourth-order valence-electron chi connectivity index (χ4n) is 2.87. The lowest BCUT2D eigenvalue weighted by Crippen LogP contribution is -2.43. The van der Waals surface area contributed by atoms with Crippen LogP contribution in [-0.4, -0.2) is 29.4 Å². The summed E-state index contributed by atoms with van der Waals surface area (Å²) in [5.74, 6) is 0.138. The second kappa shape index (κ2) is 7.46. The Kier molecular flexibility index (Phi) is 5.62. The van der Waals surface area contributed by atoms with Crippen LogP contribution in [0, 0.1) is 0 Å². The number of anilines is 1. The second-order valence-corrected chi connectivity index (χ2v) is 6.29. The highest BCUT2D eigenvalue weighted by molar-refractivity contribution is 5.78. The van der Waals surface area contributed by atoms with E-state index in [1.54, 1.807) is 0 Å². The van der Waals surface area contributed by atoms with Gasteiger partial charge in [0.05, 0.1) is 6.54 Å². The fraction of sp³-hybridized carbons (Fsp3) is 0.588. The molecule has 1 aromatic carbocycles. The van der Waals surface area contributed by atoms with Crippen LogP contribution < -0.4 is 11.1 Å². The van der Waals surface area contributed by atoms with Crippen molar-refractivity contribution in [3.8, 4) is 0 Å². The predicted octanol–water partition coefficient (Wildman–Crippen LogP) is 2.54. The highest BCUT2D eigenvalue weighted by Gasteiger charge is 2.20. The van der Waals surface area contributed by atoms with Crippen LogP contribution in [0.5, 0.6) is 0 Å². The number of carbonyl (C=O) groups excluding carboxylic acids is 1. The summed E-state index contributed by atoms with van der Waals surface area (Å²) in [6, 6.07) is 8.59. The van der Waals surface area contributed by atoms with Crippen LogP contribution in [0.15, 0.2) is 24.3 Å². The summed E-state index contributed by atoms with van der Waals surface area (Å²) < 4.78 is 0. The molecule has 0 atom stereocenters. The Morgan fingerprint density at radius 2 is 2.10 bits per heavy atom. The van der Waals surface area contributed by atoms with E-state index in [2.05, 4.69) is 30.1 Å². The molecule has 0 saturated heterocycles. The maximum Gasteiger partial charge on any atom is 0.234 e. The molecular weight excluding hydrogens is 262 g/mol. The number of nitrogens with two attached hydrogens (primary N) is 1. The molecule has 4 nitrogen and oxygen atoms in total. The zero-order valence-electron chi connectivity index (χ0n) is 13.1. The van der Waals surface area contributed by atoms with Gasteiger partial charge < -0.3 is 11.1 Å². The SMILES string of the molecule is CC(C)N(CC(=O)NC1CCCC1)Cc1cccc(N)c1. The van der Waals surface area contributed by atoms with Crippen LogP contribution in [0.25, 0.3) is 0 Å². The average molecular weight is 289 g/mol. The van der Waals surface area contributed by atoms with Gasteiger partial charge in [-0.05, 0) is 44.4 Å². The largest absolute Gasteiger partial charge is 0.399 e. The van der Waals surface area contributed by atoms with Crippen molar-refractivity contribution in [2.75, 3.05) is 12.3 Å². The Labute approximate surface area is 127 Å². The lowest BCUT2D eigenvalue weighted by atomic mass is 10.1. The van der Waals surface area contributed by atoms with Crippen LogP contribution in [0.1, 0.15) is 45.1 Å². The van der Waals surface area contributed by atoms with Gasteiger partial charge in [0.1, 0.15) is 0 Å². The monoisotopic (exact) mass is 289 g/mol. The van der Waals surface area contributed by atoms with Crippen LogP contribution in [0.4, 0.5) is 5.69 Å². The van der Waals surface area contributed by atoms with E-state index in [1.807, 2.05) is 18.2 Å². The molecule has 0 aromatic heterocycles. The van der Waals surface area contributed by atoms with Gasteiger partial charge in [-0.2, -0.15) is 0 Å². The van der Waals surface area contributed by atoms with Crippen molar-refractivity contribution in [2.45, 2.75) is 58.2 Å². The molecule has 1 aromatic rings. The number of nitrogens with zero attached hydrogens (tertiary/aromatic N) is 1. The summed E-state index contributed by atoms with van der Waals surface area (Å²) in [5.41, 5.74) is 7.74. The van der Waals surface area contributed by atoms with E-state index in [4.69, 9.17) is 5.73 Å². The summed E-state index contributed by atoms with van der Waals surface area (Å²) in [6.45, 7) is 5.44. The van der Waals surface area contributed by atoms with Gasteiger partial charge in [0.2, 0.25) is 5.91 Å². The van der Waals surface area contributed by atoms with Crippen molar-refractivity contribution < 1.29 is 4.79 Å². The summed E-state index contributed by atoms with van der Waals surface area (Å²) in [7, 11) is 0. The Morgan fingerprint density at radius 1 is 1.38 bits per heavy atom. The van der Waals surface area contributed by atoms with Crippen molar-refractivity contribution in [3.63, 3.8) is 0 Å². The fourth-order valence-corrected chi connectivity index (χ4v) is 2.87. The average Bonchev–Trinajstić information content (AvgIpc) is 2.90. The minimum absolute atomic E-state index is 0.138. The Balaban J connectivity index is 1.90. The zero-order chi connectivity index (χ0) is 15.2. The number of nitrogen functional groups attached to an aromatic ring is 1. The molecule has 1 aliphatic rings. The Hall–Kier alpha value is -1.55. The topological polar surface area (TPSA) is 58.4 Å². The van der Waals surface area contributed by atoms with Crippen molar-refractivity contribution >= 4 is 11.6 Å². The molecule has 1 saturated carbocycles. The first-order valence-corrected chi connectivity index (χ1v) is 7.92. The van der Waals surface area contributed by atoms with Gasteiger partial charge in [-0.15, -0.1) is 0 Å². The van der Waals surface area contributed by atoms with Crippen molar-refractivity contribution in [2.24, 2.45) is 0 Å². The summed E-state index contributed by atoms with van der Waals surface area (Å²) in [4.78, 5) is 14.4. The summed E-state index contributed by atoms with van der Waals surface area (Å²) in [5, 5.41) is 3.16. The Bertz CT molecular complexity index is 467. The van der Waals surface area contributed by atoms with Crippen molar-refractivity contribution in [3.05, 3.63) is 29.8 Å². The van der Waals surface area contributed by atoms with E-state index in [0.717, 1.165) is 30.6 Å². The van der Waals surface area contributed by atoms with Gasteiger partial charge in [0.15, 0.2) is 0 Å². The lowest BCUT2D eigenvalue weighted by molar-refractivity contribution is -0.123. The predicted molar refractivity (Wildman–Crippen MR) is 86.8 cm³/mol. The molecule has 2 rings (SSSR count). The number of nitrogens with one attached hydrogen (secondary N) is 1. The molecule has 0 spiro atoms. The highest BCUT2D eigenvalue weighted by atomic mass is 16.2.